The predicted octanol–water partition coefficient (Wildman–Crippen LogP) is 2.60. The molecule has 1 aromatic carbocycles. The van der Waals surface area contributed by atoms with Crippen molar-refractivity contribution in [1.29, 1.82) is 0 Å². The Hall–Kier alpha value is -1.13. The minimum atomic E-state index is 0.373. The Bertz CT molecular complexity index is 503. The fourth-order valence-corrected chi connectivity index (χ4v) is 3.16. The number of anilines is 1. The normalized spacial score (nSPS) is 20.6. The lowest BCUT2D eigenvalue weighted by Gasteiger charge is -2.04. The topological polar surface area (TPSA) is 48.1 Å². The Morgan fingerprint density at radius 3 is 3.25 bits per heavy atom. The lowest BCUT2D eigenvalue weighted by atomic mass is 10.2. The number of nitrogens with zero attached hydrogens (tertiary/aromatic N) is 1. The van der Waals surface area contributed by atoms with Gasteiger partial charge in [-0.15, -0.1) is 11.3 Å². The van der Waals surface area contributed by atoms with Crippen molar-refractivity contribution in [3.05, 3.63) is 23.2 Å². The zero-order chi connectivity index (χ0) is 11.0. The summed E-state index contributed by atoms with van der Waals surface area (Å²) in [6.07, 6.45) is 3.66. The molecule has 16 heavy (non-hydrogen) atoms. The van der Waals surface area contributed by atoms with Crippen molar-refractivity contribution >= 4 is 27.2 Å². The molecule has 0 saturated carbocycles. The fourth-order valence-electron chi connectivity index (χ4n) is 2.08. The standard InChI is InChI=1S/C12H14N2OS/c13-8-3-4-10-11(6-8)16-12(14-10)7-9-2-1-5-15-9/h3-4,6,9H,1-2,5,7,13H2. The zero-order valence-corrected chi connectivity index (χ0v) is 9.80. The van der Waals surface area contributed by atoms with Gasteiger partial charge >= 0.3 is 0 Å². The monoisotopic (exact) mass is 234 g/mol. The summed E-state index contributed by atoms with van der Waals surface area (Å²) < 4.78 is 6.79. The van der Waals surface area contributed by atoms with Crippen molar-refractivity contribution in [2.45, 2.75) is 25.4 Å². The summed E-state index contributed by atoms with van der Waals surface area (Å²) in [5.41, 5.74) is 7.60. The highest BCUT2D eigenvalue weighted by Crippen LogP contribution is 2.26. The highest BCUT2D eigenvalue weighted by atomic mass is 32.1. The number of aromatic nitrogens is 1. The van der Waals surface area contributed by atoms with Gasteiger partial charge in [0.2, 0.25) is 0 Å². The summed E-state index contributed by atoms with van der Waals surface area (Å²) in [7, 11) is 0. The summed E-state index contributed by atoms with van der Waals surface area (Å²) in [4.78, 5) is 4.60. The van der Waals surface area contributed by atoms with Crippen LogP contribution < -0.4 is 5.73 Å². The van der Waals surface area contributed by atoms with Crippen LogP contribution in [0.25, 0.3) is 10.2 Å². The lowest BCUT2D eigenvalue weighted by molar-refractivity contribution is 0.111. The first-order valence-electron chi connectivity index (χ1n) is 5.58. The number of rotatable bonds is 2. The third-order valence-corrected chi connectivity index (χ3v) is 3.92. The number of hydrogen-bond donors (Lipinski definition) is 1. The second kappa shape index (κ2) is 4.03. The van der Waals surface area contributed by atoms with Crippen LogP contribution in [0.15, 0.2) is 18.2 Å². The van der Waals surface area contributed by atoms with E-state index in [4.69, 9.17) is 10.5 Å². The molecule has 2 aromatic rings. The third-order valence-electron chi connectivity index (χ3n) is 2.88. The summed E-state index contributed by atoms with van der Waals surface area (Å²) in [6, 6.07) is 5.88. The number of nitrogens with two attached hydrogens (primary N) is 1. The average Bonchev–Trinajstić information content (AvgIpc) is 2.86. The molecule has 4 heteroatoms. The van der Waals surface area contributed by atoms with Crippen LogP contribution in [0.1, 0.15) is 17.8 Å². The van der Waals surface area contributed by atoms with Crippen molar-refractivity contribution in [3.63, 3.8) is 0 Å². The van der Waals surface area contributed by atoms with Crippen molar-refractivity contribution < 1.29 is 4.74 Å². The molecule has 2 heterocycles. The first-order valence-corrected chi connectivity index (χ1v) is 6.39. The lowest BCUT2D eigenvalue weighted by Crippen LogP contribution is -2.08. The summed E-state index contributed by atoms with van der Waals surface area (Å²) >= 11 is 1.73. The van der Waals surface area contributed by atoms with Gasteiger partial charge in [-0.1, -0.05) is 0 Å². The molecule has 1 aliphatic heterocycles. The first-order chi connectivity index (χ1) is 7.81. The molecule has 3 rings (SSSR count). The van der Waals surface area contributed by atoms with Crippen LogP contribution in [0.2, 0.25) is 0 Å². The minimum absolute atomic E-state index is 0.373. The van der Waals surface area contributed by atoms with Gasteiger partial charge in [0.05, 0.1) is 21.3 Å². The number of fused-ring (bicyclic) bond motifs is 1. The second-order valence-corrected chi connectivity index (χ2v) is 5.29. The van der Waals surface area contributed by atoms with Crippen LogP contribution in [0.5, 0.6) is 0 Å². The SMILES string of the molecule is Nc1ccc2nc(CC3CCCO3)sc2c1. The van der Waals surface area contributed by atoms with E-state index < -0.39 is 0 Å². The van der Waals surface area contributed by atoms with Gasteiger partial charge in [-0.25, -0.2) is 4.98 Å². The Morgan fingerprint density at radius 1 is 1.50 bits per heavy atom. The Morgan fingerprint density at radius 2 is 2.44 bits per heavy atom. The third kappa shape index (κ3) is 1.90. The molecule has 0 spiro atoms. The van der Waals surface area contributed by atoms with Crippen molar-refractivity contribution in [2.24, 2.45) is 0 Å². The molecular formula is C12H14N2OS. The molecule has 0 aliphatic carbocycles. The van der Waals surface area contributed by atoms with E-state index in [1.54, 1.807) is 11.3 Å². The van der Waals surface area contributed by atoms with E-state index in [1.807, 2.05) is 18.2 Å². The highest BCUT2D eigenvalue weighted by Gasteiger charge is 2.17. The van der Waals surface area contributed by atoms with Crippen LogP contribution in [0.4, 0.5) is 5.69 Å². The van der Waals surface area contributed by atoms with E-state index in [9.17, 15) is 0 Å². The van der Waals surface area contributed by atoms with E-state index in [0.29, 0.717) is 6.10 Å². The second-order valence-electron chi connectivity index (χ2n) is 4.17. The average molecular weight is 234 g/mol. The van der Waals surface area contributed by atoms with Crippen LogP contribution in [0.3, 0.4) is 0 Å². The maximum absolute atomic E-state index is 5.75. The van der Waals surface area contributed by atoms with Gasteiger partial charge in [-0.2, -0.15) is 0 Å². The van der Waals surface area contributed by atoms with E-state index in [2.05, 4.69) is 4.98 Å². The van der Waals surface area contributed by atoms with Gasteiger partial charge in [-0.05, 0) is 31.0 Å². The highest BCUT2D eigenvalue weighted by molar-refractivity contribution is 7.18. The molecule has 0 radical (unpaired) electrons. The first kappa shape index (κ1) is 10.1. The molecule has 1 aliphatic rings. The molecule has 0 amide bonds. The van der Waals surface area contributed by atoms with Gasteiger partial charge in [-0.3, -0.25) is 0 Å². The zero-order valence-electron chi connectivity index (χ0n) is 8.98. The molecule has 1 saturated heterocycles. The van der Waals surface area contributed by atoms with Crippen LogP contribution in [-0.2, 0) is 11.2 Å². The number of benzene rings is 1. The summed E-state index contributed by atoms with van der Waals surface area (Å²) in [5, 5.41) is 1.16. The van der Waals surface area contributed by atoms with Crippen molar-refractivity contribution in [1.82, 2.24) is 4.98 Å². The number of ether oxygens (including phenoxy) is 1. The van der Waals surface area contributed by atoms with Gasteiger partial charge < -0.3 is 10.5 Å². The van der Waals surface area contributed by atoms with Gasteiger partial charge in [0, 0.05) is 18.7 Å². The van der Waals surface area contributed by atoms with E-state index in [-0.39, 0.29) is 0 Å². The molecule has 84 valence electrons. The van der Waals surface area contributed by atoms with Gasteiger partial charge in [0.25, 0.3) is 0 Å². The molecule has 2 N–H and O–H groups in total. The minimum Gasteiger partial charge on any atom is -0.399 e. The molecule has 0 bridgehead atoms. The maximum Gasteiger partial charge on any atom is 0.0964 e. The van der Waals surface area contributed by atoms with Gasteiger partial charge in [0.1, 0.15) is 0 Å². The van der Waals surface area contributed by atoms with Crippen molar-refractivity contribution in [3.8, 4) is 0 Å². The fraction of sp³-hybridized carbons (Fsp3) is 0.417. The van der Waals surface area contributed by atoms with Crippen LogP contribution in [0, 0.1) is 0 Å². The Labute approximate surface area is 98.2 Å². The van der Waals surface area contributed by atoms with E-state index >= 15 is 0 Å². The van der Waals surface area contributed by atoms with E-state index in [1.165, 1.54) is 11.1 Å². The quantitative estimate of drug-likeness (QED) is 0.812. The van der Waals surface area contributed by atoms with E-state index in [0.717, 1.165) is 35.7 Å². The number of thiazole rings is 1. The molecule has 1 unspecified atom stereocenters. The summed E-state index contributed by atoms with van der Waals surface area (Å²) in [6.45, 7) is 0.905. The van der Waals surface area contributed by atoms with Crippen LogP contribution in [-0.4, -0.2) is 17.7 Å². The molecule has 1 aromatic heterocycles. The predicted molar refractivity (Wildman–Crippen MR) is 66.7 cm³/mol. The van der Waals surface area contributed by atoms with Gasteiger partial charge in [0.15, 0.2) is 0 Å². The molecule has 1 atom stereocenters. The largest absolute Gasteiger partial charge is 0.399 e. The maximum atomic E-state index is 5.75. The molecule has 1 fully saturated rings. The Kier molecular flexibility index (Phi) is 2.53. The smallest absolute Gasteiger partial charge is 0.0964 e. The summed E-state index contributed by atoms with van der Waals surface area (Å²) in [5.74, 6) is 0. The molecule has 3 nitrogen and oxygen atoms in total. The molecular weight excluding hydrogens is 220 g/mol. The number of nitrogen functional groups attached to an aromatic ring is 1. The van der Waals surface area contributed by atoms with Crippen molar-refractivity contribution in [2.75, 3.05) is 12.3 Å². The van der Waals surface area contributed by atoms with Crippen LogP contribution >= 0.6 is 11.3 Å². The number of hydrogen-bond acceptors (Lipinski definition) is 4. The Balaban J connectivity index is 1.86.